The molecule has 0 saturated carbocycles. The number of carbonyl (C=O) groups is 4. The number of esters is 1. The van der Waals surface area contributed by atoms with E-state index in [1.807, 2.05) is 45.1 Å². The average Bonchev–Trinajstić information content (AvgIpc) is 3.07. The fourth-order valence-electron chi connectivity index (χ4n) is 4.46. The summed E-state index contributed by atoms with van der Waals surface area (Å²) < 4.78 is 6.08. The number of ether oxygens (including phenoxy) is 1. The summed E-state index contributed by atoms with van der Waals surface area (Å²) in [5.41, 5.74) is 3.14. The van der Waals surface area contributed by atoms with Crippen LogP contribution in [0.15, 0.2) is 53.0 Å². The van der Waals surface area contributed by atoms with E-state index in [9.17, 15) is 19.2 Å². The molecule has 8 heteroatoms. The van der Waals surface area contributed by atoms with Crippen LogP contribution in [0.5, 0.6) is 0 Å². The van der Waals surface area contributed by atoms with E-state index < -0.39 is 18.5 Å². The third kappa shape index (κ3) is 4.55. The summed E-state index contributed by atoms with van der Waals surface area (Å²) in [6.07, 6.45) is 4.49. The lowest BCUT2D eigenvalue weighted by atomic mass is 9.78. The van der Waals surface area contributed by atoms with Gasteiger partial charge in [-0.1, -0.05) is 35.0 Å². The number of benzene rings is 2. The highest BCUT2D eigenvalue weighted by molar-refractivity contribution is 9.10. The van der Waals surface area contributed by atoms with Gasteiger partial charge in [0.05, 0.1) is 23.1 Å². The number of aryl methyl sites for hydroxylation is 2. The normalized spacial score (nSPS) is 21.4. The second-order valence-electron chi connectivity index (χ2n) is 8.75. The number of nitrogens with one attached hydrogen (secondary N) is 1. The molecule has 0 spiro atoms. The molecule has 1 N–H and O–H groups in total. The summed E-state index contributed by atoms with van der Waals surface area (Å²) in [4.78, 5) is 51.6. The van der Waals surface area contributed by atoms with Crippen LogP contribution in [-0.4, -0.2) is 30.3 Å². The SMILES string of the molecule is Cc1cc(NC(=O)COC(=O)c2ccc(N3C(=O)[C@@H]4[C@@H](C)C=CC[C@H]4C3=O)cc2)c(C)cc1Br. The zero-order chi connectivity index (χ0) is 24.6. The zero-order valence-electron chi connectivity index (χ0n) is 19.1. The lowest BCUT2D eigenvalue weighted by Crippen LogP contribution is -2.31. The number of allylic oxidation sites excluding steroid dienone is 2. The van der Waals surface area contributed by atoms with Gasteiger partial charge in [0.2, 0.25) is 11.8 Å². The number of anilines is 2. The van der Waals surface area contributed by atoms with Crippen LogP contribution in [0.4, 0.5) is 11.4 Å². The van der Waals surface area contributed by atoms with Crippen molar-refractivity contribution in [3.8, 4) is 0 Å². The highest BCUT2D eigenvalue weighted by Gasteiger charge is 2.50. The molecule has 0 unspecified atom stereocenters. The maximum absolute atomic E-state index is 12.9. The van der Waals surface area contributed by atoms with Crippen molar-refractivity contribution in [3.63, 3.8) is 0 Å². The maximum atomic E-state index is 12.9. The quantitative estimate of drug-likeness (QED) is 0.351. The summed E-state index contributed by atoms with van der Waals surface area (Å²) in [5.74, 6) is -2.23. The number of carbonyl (C=O) groups excluding carboxylic acids is 4. The Morgan fingerprint density at radius 3 is 2.47 bits per heavy atom. The fraction of sp³-hybridized carbons (Fsp3) is 0.308. The summed E-state index contributed by atoms with van der Waals surface area (Å²) in [7, 11) is 0. The van der Waals surface area contributed by atoms with E-state index >= 15 is 0 Å². The van der Waals surface area contributed by atoms with Gasteiger partial charge < -0.3 is 10.1 Å². The Hall–Kier alpha value is -3.26. The molecular formula is C26H25BrN2O5. The van der Waals surface area contributed by atoms with Crippen LogP contribution < -0.4 is 10.2 Å². The Morgan fingerprint density at radius 1 is 1.09 bits per heavy atom. The molecule has 176 valence electrons. The van der Waals surface area contributed by atoms with Crippen molar-refractivity contribution >= 4 is 51.0 Å². The molecule has 1 aliphatic heterocycles. The largest absolute Gasteiger partial charge is 0.452 e. The minimum Gasteiger partial charge on any atom is -0.452 e. The van der Waals surface area contributed by atoms with E-state index in [-0.39, 0.29) is 35.1 Å². The lowest BCUT2D eigenvalue weighted by Gasteiger charge is -2.22. The van der Waals surface area contributed by atoms with Crippen LogP contribution in [0.2, 0.25) is 0 Å². The number of fused-ring (bicyclic) bond motifs is 1. The first kappa shape index (κ1) is 23.9. The first-order chi connectivity index (χ1) is 16.2. The van der Waals surface area contributed by atoms with Gasteiger partial charge in [0.15, 0.2) is 6.61 Å². The molecule has 2 aromatic carbocycles. The smallest absolute Gasteiger partial charge is 0.338 e. The first-order valence-corrected chi connectivity index (χ1v) is 11.8. The predicted octanol–water partition coefficient (Wildman–Crippen LogP) is 4.56. The lowest BCUT2D eigenvalue weighted by molar-refractivity contribution is -0.123. The molecule has 3 amide bonds. The van der Waals surface area contributed by atoms with Gasteiger partial charge in [-0.15, -0.1) is 0 Å². The van der Waals surface area contributed by atoms with E-state index in [1.165, 1.54) is 17.0 Å². The topological polar surface area (TPSA) is 92.8 Å². The van der Waals surface area contributed by atoms with Crippen LogP contribution in [0, 0.1) is 31.6 Å². The number of imide groups is 1. The molecule has 1 heterocycles. The highest BCUT2D eigenvalue weighted by atomic mass is 79.9. The van der Waals surface area contributed by atoms with Crippen molar-refractivity contribution in [1.82, 2.24) is 0 Å². The van der Waals surface area contributed by atoms with Crippen LogP contribution in [0.3, 0.4) is 0 Å². The minimum atomic E-state index is -0.670. The molecule has 7 nitrogen and oxygen atoms in total. The molecule has 1 aliphatic carbocycles. The Bertz CT molecular complexity index is 1200. The number of hydrogen-bond donors (Lipinski definition) is 1. The third-order valence-electron chi connectivity index (χ3n) is 6.35. The van der Waals surface area contributed by atoms with E-state index in [1.54, 1.807) is 12.1 Å². The highest BCUT2D eigenvalue weighted by Crippen LogP contribution is 2.40. The van der Waals surface area contributed by atoms with Crippen molar-refractivity contribution in [2.75, 3.05) is 16.8 Å². The molecular weight excluding hydrogens is 500 g/mol. The van der Waals surface area contributed by atoms with Crippen LogP contribution in [0.1, 0.15) is 34.8 Å². The van der Waals surface area contributed by atoms with Crippen molar-refractivity contribution in [3.05, 3.63) is 69.7 Å². The number of halogens is 1. The number of amides is 3. The van der Waals surface area contributed by atoms with E-state index in [4.69, 9.17) is 4.74 Å². The molecule has 1 saturated heterocycles. The maximum Gasteiger partial charge on any atom is 0.338 e. The van der Waals surface area contributed by atoms with Gasteiger partial charge in [-0.25, -0.2) is 4.79 Å². The van der Waals surface area contributed by atoms with Gasteiger partial charge in [0.25, 0.3) is 5.91 Å². The third-order valence-corrected chi connectivity index (χ3v) is 7.20. The van der Waals surface area contributed by atoms with Gasteiger partial charge in [-0.3, -0.25) is 19.3 Å². The van der Waals surface area contributed by atoms with Gasteiger partial charge in [0, 0.05) is 10.2 Å². The van der Waals surface area contributed by atoms with Crippen LogP contribution >= 0.6 is 15.9 Å². The summed E-state index contributed by atoms with van der Waals surface area (Å²) >= 11 is 3.45. The van der Waals surface area contributed by atoms with Gasteiger partial charge >= 0.3 is 5.97 Å². The second-order valence-corrected chi connectivity index (χ2v) is 9.61. The van der Waals surface area contributed by atoms with Gasteiger partial charge in [-0.2, -0.15) is 0 Å². The van der Waals surface area contributed by atoms with Crippen LogP contribution in [0.25, 0.3) is 0 Å². The van der Waals surface area contributed by atoms with Gasteiger partial charge in [0.1, 0.15) is 0 Å². The molecule has 0 radical (unpaired) electrons. The predicted molar refractivity (Wildman–Crippen MR) is 131 cm³/mol. The standard InChI is InChI=1S/C26H25BrN2O5/c1-14-5-4-6-19-23(14)25(32)29(24(19)31)18-9-7-17(8-10-18)26(33)34-13-22(30)28-21-12-15(2)20(27)11-16(21)3/h4-5,7-12,14,19,23H,6,13H2,1-3H3,(H,28,30)/t14-,19+,23+/m0/s1. The molecule has 2 aromatic rings. The molecule has 1 fully saturated rings. The van der Waals surface area contributed by atoms with E-state index in [2.05, 4.69) is 21.2 Å². The Kier molecular flexibility index (Phi) is 6.70. The van der Waals surface area contributed by atoms with E-state index in [0.717, 1.165) is 15.6 Å². The number of rotatable bonds is 5. The molecule has 4 rings (SSSR count). The van der Waals surface area contributed by atoms with Crippen LogP contribution in [-0.2, 0) is 19.1 Å². The molecule has 0 bridgehead atoms. The minimum absolute atomic E-state index is 0.00529. The molecule has 34 heavy (non-hydrogen) atoms. The molecule has 2 aliphatic rings. The summed E-state index contributed by atoms with van der Waals surface area (Å²) in [6, 6.07) is 9.82. The summed E-state index contributed by atoms with van der Waals surface area (Å²) in [6.45, 7) is 5.29. The number of nitrogens with zero attached hydrogens (tertiary/aromatic N) is 1. The fourth-order valence-corrected chi connectivity index (χ4v) is 4.92. The monoisotopic (exact) mass is 524 g/mol. The molecule has 3 atom stereocenters. The summed E-state index contributed by atoms with van der Waals surface area (Å²) in [5, 5.41) is 2.75. The van der Waals surface area contributed by atoms with Crippen molar-refractivity contribution < 1.29 is 23.9 Å². The second kappa shape index (κ2) is 9.54. The zero-order valence-corrected chi connectivity index (χ0v) is 20.7. The Balaban J connectivity index is 1.37. The Morgan fingerprint density at radius 2 is 1.79 bits per heavy atom. The first-order valence-electron chi connectivity index (χ1n) is 11.1. The van der Waals surface area contributed by atoms with Crippen molar-refractivity contribution in [1.29, 1.82) is 0 Å². The van der Waals surface area contributed by atoms with Crippen molar-refractivity contribution in [2.45, 2.75) is 27.2 Å². The average molecular weight is 525 g/mol. The van der Waals surface area contributed by atoms with Crippen molar-refractivity contribution in [2.24, 2.45) is 17.8 Å². The van der Waals surface area contributed by atoms with E-state index in [0.29, 0.717) is 17.8 Å². The Labute approximate surface area is 206 Å². The van der Waals surface area contributed by atoms with Gasteiger partial charge in [-0.05, 0) is 73.7 Å². The number of hydrogen-bond acceptors (Lipinski definition) is 5. The molecule has 0 aromatic heterocycles.